The monoisotopic (exact) mass is 641 g/mol. The third-order valence-corrected chi connectivity index (χ3v) is 7.90. The molecule has 0 aliphatic carbocycles. The van der Waals surface area contributed by atoms with Crippen LogP contribution in [0.5, 0.6) is 17.2 Å². The first-order valence-electron chi connectivity index (χ1n) is 14.1. The maximum absolute atomic E-state index is 14.1. The van der Waals surface area contributed by atoms with Gasteiger partial charge in [-0.3, -0.25) is 19.3 Å². The van der Waals surface area contributed by atoms with Gasteiger partial charge in [0.25, 0.3) is 5.91 Å². The van der Waals surface area contributed by atoms with Crippen LogP contribution in [0.25, 0.3) is 6.08 Å². The first-order valence-corrected chi connectivity index (χ1v) is 14.9. The first-order chi connectivity index (χ1) is 21.2. The molecule has 2 aromatic rings. The van der Waals surface area contributed by atoms with Crippen molar-refractivity contribution in [3.63, 3.8) is 0 Å². The number of hydrogen-bond acceptors (Lipinski definition) is 9. The zero-order valence-electron chi connectivity index (χ0n) is 26.1. The largest absolute Gasteiger partial charge is 0.502 e. The molecule has 0 aromatic heterocycles. The van der Waals surface area contributed by atoms with E-state index in [1.54, 1.807) is 51.1 Å². The van der Waals surface area contributed by atoms with Gasteiger partial charge in [0.15, 0.2) is 16.7 Å². The molecule has 1 fully saturated rings. The normalized spacial score (nSPS) is 16.4. The number of rotatable bonds is 12. The number of methoxy groups -OCH3 is 2. The lowest BCUT2D eigenvalue weighted by Crippen LogP contribution is -2.53. The van der Waals surface area contributed by atoms with Gasteiger partial charge in [0.1, 0.15) is 12.1 Å². The number of thioether (sulfide) groups is 1. The lowest BCUT2D eigenvalue weighted by molar-refractivity contribution is -0.134. The molecule has 14 heteroatoms. The second kappa shape index (κ2) is 14.8. The molecule has 13 nitrogen and oxygen atoms in total. The molecule has 2 atom stereocenters. The minimum atomic E-state index is -1.17. The molecule has 1 heterocycles. The summed E-state index contributed by atoms with van der Waals surface area (Å²) >= 11 is 1.03. The van der Waals surface area contributed by atoms with Crippen LogP contribution in [0.4, 0.5) is 10.5 Å². The number of carboxylic acid groups (broad SMARTS) is 1. The number of phenolic OH excluding ortho intramolecular Hbond substituents is 1. The maximum Gasteiger partial charge on any atom is 0.407 e. The van der Waals surface area contributed by atoms with Crippen LogP contribution < -0.4 is 20.5 Å². The molecular weight excluding hydrogens is 602 g/mol. The van der Waals surface area contributed by atoms with Gasteiger partial charge in [0, 0.05) is 12.1 Å². The van der Waals surface area contributed by atoms with Crippen molar-refractivity contribution in [2.75, 3.05) is 20.8 Å². The summed E-state index contributed by atoms with van der Waals surface area (Å²) in [7, 11) is 2.77. The Morgan fingerprint density at radius 1 is 1.13 bits per heavy atom. The van der Waals surface area contributed by atoms with E-state index in [0.29, 0.717) is 11.3 Å². The van der Waals surface area contributed by atoms with Gasteiger partial charge in [-0.2, -0.15) is 0 Å². The van der Waals surface area contributed by atoms with Gasteiger partial charge in [-0.15, -0.1) is 0 Å². The molecule has 1 saturated heterocycles. The number of carbonyl (C=O) groups excluding carboxylic acids is 3. The molecule has 45 heavy (non-hydrogen) atoms. The molecule has 1 aliphatic rings. The summed E-state index contributed by atoms with van der Waals surface area (Å²) in [5.74, 6) is -1.90. The highest BCUT2D eigenvalue weighted by Gasteiger charge is 2.42. The molecule has 0 spiro atoms. The summed E-state index contributed by atoms with van der Waals surface area (Å²) in [6, 6.07) is 9.72. The first kappa shape index (κ1) is 34.8. The van der Waals surface area contributed by atoms with E-state index in [0.717, 1.165) is 11.8 Å². The van der Waals surface area contributed by atoms with E-state index in [4.69, 9.17) is 15.2 Å². The topological polar surface area (TPSA) is 184 Å². The van der Waals surface area contributed by atoms with Crippen molar-refractivity contribution in [2.24, 2.45) is 10.7 Å². The van der Waals surface area contributed by atoms with Gasteiger partial charge < -0.3 is 35.6 Å². The molecule has 0 unspecified atom stereocenters. The number of nitrogens with two attached hydrogens (primary N) is 1. The second-order valence-corrected chi connectivity index (χ2v) is 12.2. The van der Waals surface area contributed by atoms with E-state index >= 15 is 0 Å². The number of nitrogens with zero attached hydrogens (tertiary/aromatic N) is 3. The number of carbonyl (C=O) groups is 4. The highest BCUT2D eigenvalue weighted by atomic mass is 32.2. The predicted octanol–water partition coefficient (Wildman–Crippen LogP) is 3.93. The van der Waals surface area contributed by atoms with E-state index < -0.39 is 41.4 Å². The molecule has 2 aromatic carbocycles. The standard InChI is InChI=1S/C31H39N5O8S/c1-18(26(32)38)33-27(39)21(13-10-14-35(30(41)42)31(2,3)4)36-28(40)24(45-29(36)34-20-11-8-7-9-12-20)17-19-15-22(43-5)25(37)23(16-19)44-6/h7-9,11-12,15-18,21,37H,10,13-14H2,1-6H3,(H2,32,38)(H,33,39)(H,41,42)/b24-17-,34-29-/t18-,21-/m0/s1. The summed E-state index contributed by atoms with van der Waals surface area (Å²) in [6.45, 7) is 6.80. The van der Waals surface area contributed by atoms with Crippen molar-refractivity contribution in [3.05, 3.63) is 52.9 Å². The zero-order valence-corrected chi connectivity index (χ0v) is 26.9. The van der Waals surface area contributed by atoms with Crippen molar-refractivity contribution < 1.29 is 38.9 Å². The number of nitrogens with one attached hydrogen (secondary N) is 1. The summed E-state index contributed by atoms with van der Waals surface area (Å²) in [5, 5.41) is 22.9. The molecular formula is C31H39N5O8S. The average molecular weight is 642 g/mol. The Morgan fingerprint density at radius 3 is 2.24 bits per heavy atom. The second-order valence-electron chi connectivity index (χ2n) is 11.2. The lowest BCUT2D eigenvalue weighted by atomic mass is 10.0. The number of amides is 4. The predicted molar refractivity (Wildman–Crippen MR) is 171 cm³/mol. The van der Waals surface area contributed by atoms with Crippen LogP contribution in [0.2, 0.25) is 0 Å². The Balaban J connectivity index is 2.10. The number of hydrogen-bond donors (Lipinski definition) is 4. The highest BCUT2D eigenvalue weighted by molar-refractivity contribution is 8.18. The molecule has 5 N–H and O–H groups in total. The van der Waals surface area contributed by atoms with Crippen molar-refractivity contribution in [2.45, 2.75) is 58.2 Å². The summed E-state index contributed by atoms with van der Waals surface area (Å²) in [5.41, 5.74) is 5.70. The Morgan fingerprint density at radius 2 is 1.73 bits per heavy atom. The number of aromatic hydroxyl groups is 1. The molecule has 1 aliphatic heterocycles. The molecule has 242 valence electrons. The van der Waals surface area contributed by atoms with Crippen LogP contribution in [0.1, 0.15) is 46.1 Å². The Labute approximate surface area is 266 Å². The number of benzene rings is 2. The smallest absolute Gasteiger partial charge is 0.407 e. The quantitative estimate of drug-likeness (QED) is 0.249. The highest BCUT2D eigenvalue weighted by Crippen LogP contribution is 2.40. The number of phenols is 1. The van der Waals surface area contributed by atoms with Crippen LogP contribution >= 0.6 is 11.8 Å². The maximum atomic E-state index is 14.1. The van der Waals surface area contributed by atoms with Crippen molar-refractivity contribution in [1.82, 2.24) is 15.1 Å². The third kappa shape index (κ3) is 8.69. The minimum Gasteiger partial charge on any atom is -0.502 e. The zero-order chi connectivity index (χ0) is 33.5. The molecule has 4 amide bonds. The summed E-state index contributed by atoms with van der Waals surface area (Å²) in [4.78, 5) is 58.9. The Hall–Kier alpha value is -4.72. The fourth-order valence-electron chi connectivity index (χ4n) is 4.52. The van der Waals surface area contributed by atoms with Gasteiger partial charge in [-0.25, -0.2) is 9.79 Å². The third-order valence-electron chi connectivity index (χ3n) is 6.92. The van der Waals surface area contributed by atoms with E-state index in [2.05, 4.69) is 10.3 Å². The van der Waals surface area contributed by atoms with Gasteiger partial charge >= 0.3 is 6.09 Å². The number of amidine groups is 1. The number of primary amides is 1. The molecule has 0 saturated carbocycles. The van der Waals surface area contributed by atoms with Crippen LogP contribution in [0, 0.1) is 0 Å². The number of aliphatic imine (C=N–C) groups is 1. The summed E-state index contributed by atoms with van der Waals surface area (Å²) in [6.07, 6.45) is 0.705. The van der Waals surface area contributed by atoms with E-state index in [-0.39, 0.29) is 46.7 Å². The fraction of sp³-hybridized carbons (Fsp3) is 0.387. The number of para-hydroxylation sites is 1. The summed E-state index contributed by atoms with van der Waals surface area (Å²) < 4.78 is 10.5. The van der Waals surface area contributed by atoms with Crippen LogP contribution in [-0.2, 0) is 14.4 Å². The van der Waals surface area contributed by atoms with Crippen molar-refractivity contribution in [1.29, 1.82) is 0 Å². The van der Waals surface area contributed by atoms with Gasteiger partial charge in [-0.1, -0.05) is 18.2 Å². The van der Waals surface area contributed by atoms with E-state index in [1.165, 1.54) is 43.1 Å². The SMILES string of the molecule is COc1cc(/C=C2\S/C(=N\c3ccccc3)N([C@@H](CCCN(C(=O)O)C(C)(C)C)C(=O)N[C@@H](C)C(N)=O)C2=O)cc(OC)c1O. The molecule has 3 rings (SSSR count). The van der Waals surface area contributed by atoms with E-state index in [9.17, 15) is 29.4 Å². The van der Waals surface area contributed by atoms with Gasteiger partial charge in [-0.05, 0) is 88.2 Å². The Kier molecular flexibility index (Phi) is 11.5. The lowest BCUT2D eigenvalue weighted by Gasteiger charge is -2.34. The van der Waals surface area contributed by atoms with Crippen LogP contribution in [-0.4, -0.2) is 87.4 Å². The Bertz CT molecular complexity index is 1460. The van der Waals surface area contributed by atoms with Gasteiger partial charge in [0.2, 0.25) is 17.6 Å². The number of ether oxygens (including phenoxy) is 2. The minimum absolute atomic E-state index is 0.0470. The van der Waals surface area contributed by atoms with Gasteiger partial charge in [0.05, 0.1) is 24.8 Å². The average Bonchev–Trinajstić information content (AvgIpc) is 3.26. The van der Waals surface area contributed by atoms with Crippen molar-refractivity contribution in [3.8, 4) is 17.2 Å². The fourth-order valence-corrected chi connectivity index (χ4v) is 5.56. The van der Waals surface area contributed by atoms with Crippen LogP contribution in [0.3, 0.4) is 0 Å². The molecule has 0 radical (unpaired) electrons. The molecule has 0 bridgehead atoms. The van der Waals surface area contributed by atoms with E-state index in [1.807, 2.05) is 6.07 Å². The van der Waals surface area contributed by atoms with Crippen molar-refractivity contribution >= 4 is 52.5 Å². The van der Waals surface area contributed by atoms with Crippen LogP contribution in [0.15, 0.2) is 52.4 Å².